The van der Waals surface area contributed by atoms with Gasteiger partial charge in [0, 0.05) is 5.56 Å². The van der Waals surface area contributed by atoms with Gasteiger partial charge >= 0.3 is 0 Å². The molecule has 0 aliphatic carbocycles. The van der Waals surface area contributed by atoms with Crippen molar-refractivity contribution in [3.8, 4) is 0 Å². The molecule has 2 aromatic rings. The molecular formula is C19H23N2O3+. The van der Waals surface area contributed by atoms with Crippen LogP contribution in [0.3, 0.4) is 0 Å². The zero-order valence-electron chi connectivity index (χ0n) is 13.8. The van der Waals surface area contributed by atoms with Crippen LogP contribution in [0.15, 0.2) is 53.1 Å². The Bertz CT molecular complexity index is 674. The fourth-order valence-corrected chi connectivity index (χ4v) is 3.15. The maximum atomic E-state index is 13.0. The highest BCUT2D eigenvalue weighted by Crippen LogP contribution is 2.09. The lowest BCUT2D eigenvalue weighted by Crippen LogP contribution is -3.19. The van der Waals surface area contributed by atoms with E-state index >= 15 is 0 Å². The van der Waals surface area contributed by atoms with Crippen molar-refractivity contribution in [3.63, 3.8) is 0 Å². The maximum Gasteiger partial charge on any atom is 0.291 e. The summed E-state index contributed by atoms with van der Waals surface area (Å²) < 4.78 is 5.15. The Hall–Kier alpha value is -2.40. The molecule has 1 atom stereocenters. The Balaban J connectivity index is 1.80. The Kier molecular flexibility index (Phi) is 5.11. The van der Waals surface area contributed by atoms with Gasteiger partial charge < -0.3 is 9.32 Å². The molecule has 0 bridgehead atoms. The first-order chi connectivity index (χ1) is 11.6. The molecule has 24 heavy (non-hydrogen) atoms. The van der Waals surface area contributed by atoms with Crippen LogP contribution in [0.1, 0.15) is 40.7 Å². The van der Waals surface area contributed by atoms with E-state index in [1.165, 1.54) is 6.26 Å². The van der Waals surface area contributed by atoms with Gasteiger partial charge in [-0.2, -0.15) is 0 Å². The molecule has 1 amide bonds. The first-order valence-corrected chi connectivity index (χ1v) is 8.43. The van der Waals surface area contributed by atoms with E-state index in [9.17, 15) is 9.59 Å². The van der Waals surface area contributed by atoms with E-state index in [-0.39, 0.29) is 17.5 Å². The molecule has 2 heterocycles. The van der Waals surface area contributed by atoms with Crippen molar-refractivity contribution in [2.45, 2.75) is 25.9 Å². The highest BCUT2D eigenvalue weighted by molar-refractivity contribution is 6.02. The average molecular weight is 327 g/mol. The molecule has 1 aliphatic heterocycles. The van der Waals surface area contributed by atoms with Gasteiger partial charge in [-0.3, -0.25) is 14.9 Å². The van der Waals surface area contributed by atoms with Gasteiger partial charge in [0.2, 0.25) is 11.9 Å². The molecule has 1 aromatic carbocycles. The summed E-state index contributed by atoms with van der Waals surface area (Å²) in [4.78, 5) is 26.5. The third-order valence-electron chi connectivity index (χ3n) is 4.67. The average Bonchev–Trinajstić information content (AvgIpc) is 3.15. The summed E-state index contributed by atoms with van der Waals surface area (Å²) >= 11 is 0. The minimum absolute atomic E-state index is 0.0555. The van der Waals surface area contributed by atoms with Crippen LogP contribution < -0.4 is 10.2 Å². The number of ketones is 1. The van der Waals surface area contributed by atoms with Crippen LogP contribution in [0, 0.1) is 5.92 Å². The van der Waals surface area contributed by atoms with Gasteiger partial charge in [0.15, 0.2) is 5.76 Å². The number of piperidine rings is 1. The molecule has 1 unspecified atom stereocenters. The van der Waals surface area contributed by atoms with Gasteiger partial charge in [0.05, 0.1) is 19.4 Å². The SMILES string of the molecule is CC1CC[NH+](C(NC(=O)c2ccco2)C(=O)c2ccccc2)CC1. The standard InChI is InChI=1S/C19H22N2O3/c1-14-9-11-21(12-10-14)18(17(22)15-6-3-2-4-7-15)20-19(23)16-8-5-13-24-16/h2-8,13-14,18H,9-12H2,1H3,(H,20,23)/p+1. The number of furan rings is 1. The Morgan fingerprint density at radius 1 is 1.12 bits per heavy atom. The number of hydrogen-bond acceptors (Lipinski definition) is 3. The number of carbonyl (C=O) groups excluding carboxylic acids is 2. The fraction of sp³-hybridized carbons (Fsp3) is 0.368. The first-order valence-electron chi connectivity index (χ1n) is 8.43. The largest absolute Gasteiger partial charge is 0.459 e. The molecule has 0 saturated carbocycles. The number of nitrogens with one attached hydrogen (secondary N) is 2. The van der Waals surface area contributed by atoms with Gasteiger partial charge in [-0.1, -0.05) is 37.3 Å². The summed E-state index contributed by atoms with van der Waals surface area (Å²) in [6.45, 7) is 3.98. The maximum absolute atomic E-state index is 13.0. The summed E-state index contributed by atoms with van der Waals surface area (Å²) in [5.41, 5.74) is 0.619. The smallest absolute Gasteiger partial charge is 0.291 e. The van der Waals surface area contributed by atoms with Gasteiger partial charge in [-0.05, 0) is 30.9 Å². The van der Waals surface area contributed by atoms with Crippen LogP contribution in [0.4, 0.5) is 0 Å². The highest BCUT2D eigenvalue weighted by atomic mass is 16.3. The zero-order chi connectivity index (χ0) is 16.9. The first kappa shape index (κ1) is 16.5. The van der Waals surface area contributed by atoms with Crippen LogP contribution >= 0.6 is 0 Å². The monoisotopic (exact) mass is 327 g/mol. The molecule has 1 aliphatic rings. The summed E-state index contributed by atoms with van der Waals surface area (Å²) in [6, 6.07) is 12.4. The predicted octanol–water partition coefficient (Wildman–Crippen LogP) is 1.53. The Morgan fingerprint density at radius 2 is 1.83 bits per heavy atom. The van der Waals surface area contributed by atoms with E-state index in [1.54, 1.807) is 24.3 Å². The summed E-state index contributed by atoms with van der Waals surface area (Å²) in [5, 5.41) is 2.88. The van der Waals surface area contributed by atoms with Gasteiger partial charge in [0.1, 0.15) is 0 Å². The van der Waals surface area contributed by atoms with E-state index in [1.807, 2.05) is 18.2 Å². The normalized spacial score (nSPS) is 21.9. The molecule has 5 heteroatoms. The van der Waals surface area contributed by atoms with Crippen molar-refractivity contribution in [3.05, 3.63) is 60.1 Å². The van der Waals surface area contributed by atoms with E-state index in [0.717, 1.165) is 30.8 Å². The molecule has 3 rings (SSSR count). The fourth-order valence-electron chi connectivity index (χ4n) is 3.15. The molecule has 1 aromatic heterocycles. The summed E-state index contributed by atoms with van der Waals surface area (Å²) in [5.74, 6) is 0.494. The lowest BCUT2D eigenvalue weighted by molar-refractivity contribution is -0.923. The van der Waals surface area contributed by atoms with E-state index in [2.05, 4.69) is 12.2 Å². The third-order valence-corrected chi connectivity index (χ3v) is 4.67. The van der Waals surface area contributed by atoms with Crippen molar-refractivity contribution in [2.75, 3.05) is 13.1 Å². The number of rotatable bonds is 5. The quantitative estimate of drug-likeness (QED) is 0.819. The minimum Gasteiger partial charge on any atom is -0.459 e. The van der Waals surface area contributed by atoms with Crippen LogP contribution in [0.25, 0.3) is 0 Å². The molecule has 2 N–H and O–H groups in total. The van der Waals surface area contributed by atoms with Gasteiger partial charge in [-0.25, -0.2) is 0 Å². The van der Waals surface area contributed by atoms with Crippen molar-refractivity contribution in [1.82, 2.24) is 5.32 Å². The summed E-state index contributed by atoms with van der Waals surface area (Å²) in [6.07, 6.45) is 2.99. The van der Waals surface area contributed by atoms with Crippen molar-refractivity contribution >= 4 is 11.7 Å². The molecule has 1 fully saturated rings. The second-order valence-corrected chi connectivity index (χ2v) is 6.45. The van der Waals surface area contributed by atoms with Crippen molar-refractivity contribution in [1.29, 1.82) is 0 Å². The second kappa shape index (κ2) is 7.45. The second-order valence-electron chi connectivity index (χ2n) is 6.45. The molecular weight excluding hydrogens is 304 g/mol. The number of hydrogen-bond donors (Lipinski definition) is 2. The Labute approximate surface area is 141 Å². The third kappa shape index (κ3) is 3.74. The number of benzene rings is 1. The Morgan fingerprint density at radius 3 is 2.46 bits per heavy atom. The van der Waals surface area contributed by atoms with Crippen molar-refractivity contribution < 1.29 is 18.9 Å². The lowest BCUT2D eigenvalue weighted by Gasteiger charge is -2.33. The van der Waals surface area contributed by atoms with E-state index in [0.29, 0.717) is 11.5 Å². The van der Waals surface area contributed by atoms with E-state index in [4.69, 9.17) is 4.42 Å². The number of Topliss-reactive ketones (excluding diaryl/α,β-unsaturated/α-hetero) is 1. The molecule has 5 nitrogen and oxygen atoms in total. The number of likely N-dealkylation sites (tertiary alicyclic amines) is 1. The minimum atomic E-state index is -0.586. The van der Waals surface area contributed by atoms with E-state index < -0.39 is 6.17 Å². The molecule has 0 radical (unpaired) electrons. The van der Waals surface area contributed by atoms with Crippen LogP contribution in [-0.4, -0.2) is 30.9 Å². The molecule has 0 spiro atoms. The van der Waals surface area contributed by atoms with Crippen LogP contribution in [0.2, 0.25) is 0 Å². The van der Waals surface area contributed by atoms with Crippen LogP contribution in [-0.2, 0) is 0 Å². The predicted molar refractivity (Wildman–Crippen MR) is 89.8 cm³/mol. The van der Waals surface area contributed by atoms with Crippen LogP contribution in [0.5, 0.6) is 0 Å². The number of carbonyl (C=O) groups is 2. The van der Waals surface area contributed by atoms with Crippen molar-refractivity contribution in [2.24, 2.45) is 5.92 Å². The number of quaternary nitrogens is 1. The van der Waals surface area contributed by atoms with Gasteiger partial charge in [-0.15, -0.1) is 0 Å². The lowest BCUT2D eigenvalue weighted by atomic mass is 9.97. The highest BCUT2D eigenvalue weighted by Gasteiger charge is 2.34. The summed E-state index contributed by atoms with van der Waals surface area (Å²) in [7, 11) is 0. The van der Waals surface area contributed by atoms with Gasteiger partial charge in [0.25, 0.3) is 5.91 Å². The molecule has 126 valence electrons. The molecule has 1 saturated heterocycles. The topological polar surface area (TPSA) is 63.8 Å². The zero-order valence-corrected chi connectivity index (χ0v) is 13.8. The number of amides is 1.